The van der Waals surface area contributed by atoms with Crippen LogP contribution < -0.4 is 5.73 Å². The van der Waals surface area contributed by atoms with Gasteiger partial charge >= 0.3 is 0 Å². The summed E-state index contributed by atoms with van der Waals surface area (Å²) in [6.07, 6.45) is 1.87. The summed E-state index contributed by atoms with van der Waals surface area (Å²) in [6.45, 7) is 0.406. The first kappa shape index (κ1) is 5.56. The minimum Gasteiger partial charge on any atom is -0.449 e. The van der Waals surface area contributed by atoms with E-state index >= 15 is 0 Å². The van der Waals surface area contributed by atoms with Crippen molar-refractivity contribution in [2.24, 2.45) is 11.7 Å². The second kappa shape index (κ2) is 2.13. The monoisotopic (exact) mass is 115 g/mol. The minimum atomic E-state index is -0.340. The molecule has 0 unspecified atom stereocenters. The lowest BCUT2D eigenvalue weighted by molar-refractivity contribution is -0.134. The molecule has 0 amide bonds. The largest absolute Gasteiger partial charge is 0.449 e. The fourth-order valence-corrected chi connectivity index (χ4v) is 0.600. The summed E-state index contributed by atoms with van der Waals surface area (Å²) < 4.78 is 4.46. The van der Waals surface area contributed by atoms with Gasteiger partial charge in [0.05, 0.1) is 0 Å². The van der Waals surface area contributed by atoms with Crippen molar-refractivity contribution in [2.45, 2.75) is 19.1 Å². The van der Waals surface area contributed by atoms with Crippen LogP contribution in [-0.2, 0) is 9.53 Å². The van der Waals surface area contributed by atoms with Crippen molar-refractivity contribution in [3.63, 3.8) is 0 Å². The average Bonchev–Trinajstić information content (AvgIpc) is 2.45. The highest BCUT2D eigenvalue weighted by molar-refractivity contribution is 5.37. The maximum Gasteiger partial charge on any atom is 0.294 e. The van der Waals surface area contributed by atoms with Crippen molar-refractivity contribution in [2.75, 3.05) is 0 Å². The molecule has 0 saturated heterocycles. The van der Waals surface area contributed by atoms with Gasteiger partial charge in [-0.05, 0) is 12.8 Å². The van der Waals surface area contributed by atoms with Gasteiger partial charge in [-0.3, -0.25) is 10.5 Å². The number of carbonyl (C=O) groups excluding carboxylic acids is 1. The van der Waals surface area contributed by atoms with Crippen molar-refractivity contribution < 1.29 is 9.53 Å². The Bertz CT molecular complexity index is 90.4. The van der Waals surface area contributed by atoms with E-state index in [2.05, 4.69) is 4.74 Å². The lowest BCUT2D eigenvalue weighted by Crippen LogP contribution is -2.25. The Morgan fingerprint density at radius 3 is 2.75 bits per heavy atom. The van der Waals surface area contributed by atoms with Crippen molar-refractivity contribution in [1.82, 2.24) is 0 Å². The molecule has 1 rings (SSSR count). The van der Waals surface area contributed by atoms with Crippen LogP contribution in [0.1, 0.15) is 12.8 Å². The SMILES string of the molecule is N[C@H](OC=O)C1CC1. The fourth-order valence-electron chi connectivity index (χ4n) is 0.600. The molecule has 0 heterocycles. The highest BCUT2D eigenvalue weighted by Gasteiger charge is 2.29. The van der Waals surface area contributed by atoms with Gasteiger partial charge in [0.15, 0.2) is 6.23 Å². The van der Waals surface area contributed by atoms with E-state index in [1.165, 1.54) is 0 Å². The second-order valence-corrected chi connectivity index (χ2v) is 2.03. The first-order valence-corrected chi connectivity index (χ1v) is 2.69. The first-order chi connectivity index (χ1) is 3.84. The van der Waals surface area contributed by atoms with Gasteiger partial charge in [0.1, 0.15) is 0 Å². The van der Waals surface area contributed by atoms with E-state index in [4.69, 9.17) is 5.73 Å². The van der Waals surface area contributed by atoms with Crippen LogP contribution in [0.25, 0.3) is 0 Å². The molecule has 0 aromatic carbocycles. The summed E-state index contributed by atoms with van der Waals surface area (Å²) in [7, 11) is 0. The van der Waals surface area contributed by atoms with Gasteiger partial charge in [-0.1, -0.05) is 0 Å². The number of hydrogen-bond acceptors (Lipinski definition) is 3. The predicted octanol–water partition coefficient (Wildman–Crippen LogP) is -0.146. The third-order valence-electron chi connectivity index (χ3n) is 1.30. The maximum absolute atomic E-state index is 9.65. The zero-order valence-electron chi connectivity index (χ0n) is 4.54. The Hall–Kier alpha value is -0.570. The van der Waals surface area contributed by atoms with Crippen LogP contribution in [0, 0.1) is 5.92 Å². The minimum absolute atomic E-state index is 0.340. The molecule has 46 valence electrons. The van der Waals surface area contributed by atoms with E-state index in [1.54, 1.807) is 0 Å². The van der Waals surface area contributed by atoms with Crippen molar-refractivity contribution in [3.8, 4) is 0 Å². The Morgan fingerprint density at radius 1 is 1.75 bits per heavy atom. The van der Waals surface area contributed by atoms with Crippen LogP contribution in [0.5, 0.6) is 0 Å². The average molecular weight is 115 g/mol. The molecular weight excluding hydrogens is 106 g/mol. The lowest BCUT2D eigenvalue weighted by Gasteiger charge is -2.04. The van der Waals surface area contributed by atoms with Gasteiger partial charge < -0.3 is 4.74 Å². The van der Waals surface area contributed by atoms with Gasteiger partial charge in [0.25, 0.3) is 6.47 Å². The van der Waals surface area contributed by atoms with Crippen LogP contribution in [-0.4, -0.2) is 12.7 Å². The number of rotatable bonds is 3. The number of nitrogens with two attached hydrogens (primary N) is 1. The van der Waals surface area contributed by atoms with Gasteiger partial charge in [-0.15, -0.1) is 0 Å². The predicted molar refractivity (Wildman–Crippen MR) is 27.8 cm³/mol. The molecule has 1 saturated carbocycles. The summed E-state index contributed by atoms with van der Waals surface area (Å²) in [5.41, 5.74) is 5.34. The molecule has 1 aliphatic rings. The fraction of sp³-hybridized carbons (Fsp3) is 0.800. The second-order valence-electron chi connectivity index (χ2n) is 2.03. The summed E-state index contributed by atoms with van der Waals surface area (Å²) in [5, 5.41) is 0. The zero-order valence-corrected chi connectivity index (χ0v) is 4.54. The Labute approximate surface area is 47.8 Å². The smallest absolute Gasteiger partial charge is 0.294 e. The van der Waals surface area contributed by atoms with Crippen LogP contribution in [0.2, 0.25) is 0 Å². The van der Waals surface area contributed by atoms with Gasteiger partial charge in [-0.25, -0.2) is 0 Å². The maximum atomic E-state index is 9.65. The molecule has 3 nitrogen and oxygen atoms in total. The van der Waals surface area contributed by atoms with Crippen molar-refractivity contribution in [1.29, 1.82) is 0 Å². The van der Waals surface area contributed by atoms with Crippen LogP contribution in [0.3, 0.4) is 0 Å². The number of hydrogen-bond donors (Lipinski definition) is 1. The van der Waals surface area contributed by atoms with E-state index in [-0.39, 0.29) is 6.23 Å². The molecule has 0 aromatic heterocycles. The van der Waals surface area contributed by atoms with Gasteiger partial charge in [0, 0.05) is 5.92 Å². The molecule has 0 aromatic rings. The molecule has 1 aliphatic carbocycles. The Balaban J connectivity index is 2.12. The molecular formula is C5H9NO2. The zero-order chi connectivity index (χ0) is 5.98. The number of ether oxygens (including phenoxy) is 1. The van der Waals surface area contributed by atoms with E-state index in [1.807, 2.05) is 0 Å². The van der Waals surface area contributed by atoms with Gasteiger partial charge in [0.2, 0.25) is 0 Å². The molecule has 1 atom stereocenters. The number of carbonyl (C=O) groups is 1. The Kier molecular flexibility index (Phi) is 1.48. The van der Waals surface area contributed by atoms with Crippen LogP contribution in [0.4, 0.5) is 0 Å². The summed E-state index contributed by atoms with van der Waals surface area (Å²) in [4.78, 5) is 9.65. The molecule has 1 fully saturated rings. The Morgan fingerprint density at radius 2 is 2.38 bits per heavy atom. The van der Waals surface area contributed by atoms with Crippen LogP contribution >= 0.6 is 0 Å². The third kappa shape index (κ3) is 1.20. The van der Waals surface area contributed by atoms with Crippen molar-refractivity contribution in [3.05, 3.63) is 0 Å². The lowest BCUT2D eigenvalue weighted by atomic mass is 10.4. The molecule has 2 N–H and O–H groups in total. The van der Waals surface area contributed by atoms with E-state index in [0.29, 0.717) is 12.4 Å². The summed E-state index contributed by atoms with van der Waals surface area (Å²) in [6, 6.07) is 0. The molecule has 0 bridgehead atoms. The van der Waals surface area contributed by atoms with Crippen LogP contribution in [0.15, 0.2) is 0 Å². The van der Waals surface area contributed by atoms with E-state index in [9.17, 15) is 4.79 Å². The van der Waals surface area contributed by atoms with E-state index in [0.717, 1.165) is 12.8 Å². The summed E-state index contributed by atoms with van der Waals surface area (Å²) >= 11 is 0. The normalized spacial score (nSPS) is 22.1. The highest BCUT2D eigenvalue weighted by Crippen LogP contribution is 2.31. The summed E-state index contributed by atoms with van der Waals surface area (Å²) in [5.74, 6) is 0.445. The standard InChI is InChI=1S/C5H9NO2/c6-5(8-3-7)4-1-2-4/h3-5H,1-2,6H2/t5-/m1/s1. The molecule has 0 aliphatic heterocycles. The quantitative estimate of drug-likeness (QED) is 0.411. The molecule has 0 spiro atoms. The molecule has 3 heteroatoms. The van der Waals surface area contributed by atoms with Crippen molar-refractivity contribution >= 4 is 6.47 Å². The van der Waals surface area contributed by atoms with E-state index < -0.39 is 0 Å². The first-order valence-electron chi connectivity index (χ1n) is 2.69. The molecule has 0 radical (unpaired) electrons. The highest BCUT2D eigenvalue weighted by atomic mass is 16.5. The van der Waals surface area contributed by atoms with Gasteiger partial charge in [-0.2, -0.15) is 0 Å². The molecule has 8 heavy (non-hydrogen) atoms. The third-order valence-corrected chi connectivity index (χ3v) is 1.30. The topological polar surface area (TPSA) is 52.3 Å².